The fourth-order valence-electron chi connectivity index (χ4n) is 18.2. The van der Waals surface area contributed by atoms with Crippen molar-refractivity contribution >= 4 is 65.9 Å². The molecular weight excluding hydrogens is 1220 g/mol. The maximum Gasteiger partial charge on any atom is 0.146 e. The standard InChI is InChI=1S/C50H30N2O.C44H26N2O/c1-2-13-33(14-3-1)52-44-23-10-9-22-43(44)51-49(52)32-27-25-31(26-28-32)34-18-12-21-41-46(34)37-16-4-7-19-39(37)50(41)40-20-8-5-17-38(40)47-42(50)30-29-36-35-15-6-11-24-45(35)53-48(36)47;1-2-13-27(14-3-1)46-38-23-10-9-22-37(38)45-43(46)32-18-12-21-35-40(32)30-16-4-7-19-33(30)44(35)34-20-8-5-17-31(34)41-36(44)26-25-29-28-15-6-11-24-39(28)47-42(29)41/h1-30H;1-26H. The van der Waals surface area contributed by atoms with Crippen LogP contribution in [-0.2, 0) is 10.8 Å². The number of aromatic nitrogens is 4. The fraction of sp³-hybridized carbons (Fsp3) is 0.0213. The van der Waals surface area contributed by atoms with E-state index in [2.05, 4.69) is 343 Å². The van der Waals surface area contributed by atoms with Crippen LogP contribution in [0.25, 0.3) is 156 Å². The number of imidazole rings is 2. The van der Waals surface area contributed by atoms with E-state index in [1.165, 1.54) is 100 Å². The normalized spacial score (nSPS) is 15.5. The van der Waals surface area contributed by atoms with Gasteiger partial charge in [0.05, 0.1) is 32.9 Å². The van der Waals surface area contributed by atoms with Gasteiger partial charge in [-0.3, -0.25) is 9.13 Å². The molecule has 0 fully saturated rings. The molecule has 23 rings (SSSR count). The van der Waals surface area contributed by atoms with E-state index >= 15 is 0 Å². The summed E-state index contributed by atoms with van der Waals surface area (Å²) >= 11 is 0. The maximum atomic E-state index is 6.72. The largest absolute Gasteiger partial charge is 0.455 e. The van der Waals surface area contributed by atoms with Crippen molar-refractivity contribution in [2.24, 2.45) is 0 Å². The highest BCUT2D eigenvalue weighted by Gasteiger charge is 2.55. The van der Waals surface area contributed by atoms with E-state index in [4.69, 9.17) is 18.8 Å². The molecule has 4 aliphatic carbocycles. The van der Waals surface area contributed by atoms with Gasteiger partial charge in [-0.15, -0.1) is 0 Å². The number of fused-ring (bicyclic) bond motifs is 30. The van der Waals surface area contributed by atoms with Gasteiger partial charge < -0.3 is 8.83 Å². The minimum absolute atomic E-state index is 0.471. The Balaban J connectivity index is 0.000000128. The monoisotopic (exact) mass is 1270 g/mol. The first-order valence-corrected chi connectivity index (χ1v) is 34.4. The fourth-order valence-corrected chi connectivity index (χ4v) is 18.2. The Labute approximate surface area is 575 Å². The van der Waals surface area contributed by atoms with E-state index in [-0.39, 0.29) is 0 Å². The number of hydrogen-bond acceptors (Lipinski definition) is 4. The van der Waals surface area contributed by atoms with Crippen LogP contribution in [-0.4, -0.2) is 19.1 Å². The van der Waals surface area contributed by atoms with Crippen molar-refractivity contribution in [3.63, 3.8) is 0 Å². The van der Waals surface area contributed by atoms with Crippen LogP contribution in [0.5, 0.6) is 0 Å². The van der Waals surface area contributed by atoms with Crippen LogP contribution in [0, 0.1) is 0 Å². The van der Waals surface area contributed by atoms with Crippen molar-refractivity contribution < 1.29 is 8.83 Å². The van der Waals surface area contributed by atoms with Gasteiger partial charge in [-0.25, -0.2) is 9.97 Å². The Morgan fingerprint density at radius 1 is 0.230 bits per heavy atom. The van der Waals surface area contributed by atoms with Gasteiger partial charge in [0, 0.05) is 55.2 Å². The summed E-state index contributed by atoms with van der Waals surface area (Å²) in [6, 6.07) is 122. The molecule has 2 unspecified atom stereocenters. The van der Waals surface area contributed by atoms with Crippen LogP contribution in [0.3, 0.4) is 0 Å². The van der Waals surface area contributed by atoms with Gasteiger partial charge in [-0.1, -0.05) is 279 Å². The van der Waals surface area contributed by atoms with Crippen molar-refractivity contribution in [2.45, 2.75) is 10.8 Å². The number of furan rings is 2. The first kappa shape index (κ1) is 55.0. The number of para-hydroxylation sites is 8. The van der Waals surface area contributed by atoms with Crippen molar-refractivity contribution in [3.8, 4) is 89.8 Å². The highest BCUT2D eigenvalue weighted by molar-refractivity contribution is 6.15. The lowest BCUT2D eigenvalue weighted by Gasteiger charge is -2.30. The highest BCUT2D eigenvalue weighted by Crippen LogP contribution is 2.67. The van der Waals surface area contributed by atoms with Crippen molar-refractivity contribution in [1.29, 1.82) is 0 Å². The lowest BCUT2D eigenvalue weighted by Crippen LogP contribution is -2.25. The molecule has 6 nitrogen and oxygen atoms in total. The molecular formula is C94H56N4O2. The average molecular weight is 1270 g/mol. The van der Waals surface area contributed by atoms with E-state index < -0.39 is 10.8 Å². The van der Waals surface area contributed by atoms with Crippen molar-refractivity contribution in [2.75, 3.05) is 0 Å². The molecule has 2 atom stereocenters. The second-order valence-electron chi connectivity index (χ2n) is 26.8. The van der Waals surface area contributed by atoms with Gasteiger partial charge in [0.15, 0.2) is 0 Å². The smallest absolute Gasteiger partial charge is 0.146 e. The van der Waals surface area contributed by atoms with E-state index in [1.807, 2.05) is 6.07 Å². The summed E-state index contributed by atoms with van der Waals surface area (Å²) < 4.78 is 18.0. The molecule has 0 saturated carbocycles. The Kier molecular flexibility index (Phi) is 11.4. The minimum Gasteiger partial charge on any atom is -0.455 e. The summed E-state index contributed by atoms with van der Waals surface area (Å²) in [6.07, 6.45) is 0. The van der Waals surface area contributed by atoms with Crippen LogP contribution >= 0.6 is 0 Å². The summed E-state index contributed by atoms with van der Waals surface area (Å²) in [7, 11) is 0. The van der Waals surface area contributed by atoms with E-state index in [0.29, 0.717) is 0 Å². The molecule has 0 aliphatic heterocycles. The van der Waals surface area contributed by atoms with Gasteiger partial charge in [0.2, 0.25) is 0 Å². The quantitative estimate of drug-likeness (QED) is 0.172. The van der Waals surface area contributed by atoms with Gasteiger partial charge >= 0.3 is 0 Å². The summed E-state index contributed by atoms with van der Waals surface area (Å²) in [6.45, 7) is 0. The predicted octanol–water partition coefficient (Wildman–Crippen LogP) is 23.5. The molecule has 0 bridgehead atoms. The molecule has 4 aromatic heterocycles. The third-order valence-electron chi connectivity index (χ3n) is 22.1. The molecule has 6 heteroatoms. The summed E-state index contributed by atoms with van der Waals surface area (Å²) in [5.41, 5.74) is 34.0. The first-order valence-electron chi connectivity index (χ1n) is 34.4. The van der Waals surface area contributed by atoms with Gasteiger partial charge in [0.1, 0.15) is 34.0 Å². The molecule has 464 valence electrons. The molecule has 100 heavy (non-hydrogen) atoms. The predicted molar refractivity (Wildman–Crippen MR) is 406 cm³/mol. The SMILES string of the molecule is c1ccc(-n2c(-c3ccc(-c4cccc5c4-c4ccccc4C54c5ccccc5-c5c4ccc4c5oc5ccccc54)cc3)nc3ccccc32)cc1.c1ccc(-n2c(-c3cccc4c3-c3ccccc3C43c4ccccc4-c4c3ccc3c4oc4ccccc43)nc3ccccc32)cc1. The molecule has 0 N–H and O–H groups in total. The zero-order valence-electron chi connectivity index (χ0n) is 53.9. The molecule has 4 aliphatic rings. The number of nitrogens with zero attached hydrogens (tertiary/aromatic N) is 4. The van der Waals surface area contributed by atoms with Crippen LogP contribution in [0.4, 0.5) is 0 Å². The third kappa shape index (κ3) is 7.25. The second-order valence-corrected chi connectivity index (χ2v) is 26.8. The Bertz CT molecular complexity index is 6670. The number of rotatable bonds is 5. The molecule has 15 aromatic carbocycles. The van der Waals surface area contributed by atoms with Crippen molar-refractivity contribution in [3.05, 3.63) is 384 Å². The lowest BCUT2D eigenvalue weighted by molar-refractivity contribution is 0.668. The first-order chi connectivity index (χ1) is 49.6. The molecule has 2 spiro atoms. The molecule has 0 saturated heterocycles. The Morgan fingerprint density at radius 2 is 0.580 bits per heavy atom. The maximum absolute atomic E-state index is 6.72. The van der Waals surface area contributed by atoms with E-state index in [0.717, 1.165) is 100 Å². The van der Waals surface area contributed by atoms with Crippen LogP contribution in [0.1, 0.15) is 44.5 Å². The molecule has 19 aromatic rings. The summed E-state index contributed by atoms with van der Waals surface area (Å²) in [4.78, 5) is 10.5. The second kappa shape index (κ2) is 20.7. The average Bonchev–Trinajstić information content (AvgIpc) is 1.51. The summed E-state index contributed by atoms with van der Waals surface area (Å²) in [5.74, 6) is 1.88. The Morgan fingerprint density at radius 3 is 1.08 bits per heavy atom. The lowest BCUT2D eigenvalue weighted by atomic mass is 9.70. The highest BCUT2D eigenvalue weighted by atomic mass is 16.3. The van der Waals surface area contributed by atoms with Crippen molar-refractivity contribution in [1.82, 2.24) is 19.1 Å². The van der Waals surface area contributed by atoms with E-state index in [1.54, 1.807) is 0 Å². The van der Waals surface area contributed by atoms with Crippen LogP contribution in [0.15, 0.2) is 349 Å². The zero-order valence-corrected chi connectivity index (χ0v) is 53.9. The zero-order chi connectivity index (χ0) is 65.4. The van der Waals surface area contributed by atoms with Gasteiger partial charge in [-0.05, 0) is 150 Å². The molecule has 0 amide bonds. The van der Waals surface area contributed by atoms with Gasteiger partial charge in [0.25, 0.3) is 0 Å². The number of benzene rings is 15. The molecule has 4 heterocycles. The van der Waals surface area contributed by atoms with Crippen LogP contribution in [0.2, 0.25) is 0 Å². The summed E-state index contributed by atoms with van der Waals surface area (Å²) in [5, 5.41) is 4.62. The van der Waals surface area contributed by atoms with E-state index in [9.17, 15) is 0 Å². The molecule has 0 radical (unpaired) electrons. The van der Waals surface area contributed by atoms with Gasteiger partial charge in [-0.2, -0.15) is 0 Å². The third-order valence-corrected chi connectivity index (χ3v) is 22.1. The Hall–Kier alpha value is -13.2. The topological polar surface area (TPSA) is 61.9 Å². The minimum atomic E-state index is -0.495. The number of hydrogen-bond donors (Lipinski definition) is 0. The van der Waals surface area contributed by atoms with Crippen LogP contribution < -0.4 is 0 Å².